The minimum Gasteiger partial charge on any atom is -0.491 e. The Balaban J connectivity index is 1.43. The number of amides is 3. The second-order valence-electron chi connectivity index (χ2n) is 8.60. The van der Waals surface area contributed by atoms with Crippen LogP contribution in [-0.2, 0) is 23.2 Å². The fourth-order valence-corrected chi connectivity index (χ4v) is 4.41. The van der Waals surface area contributed by atoms with Gasteiger partial charge in [0.1, 0.15) is 24.0 Å². The lowest BCUT2D eigenvalue weighted by Gasteiger charge is -2.24. The molecule has 6 nitrogen and oxygen atoms in total. The molecule has 2 aliphatic rings. The highest BCUT2D eigenvalue weighted by atomic mass is 16.5. The van der Waals surface area contributed by atoms with Gasteiger partial charge in [0, 0.05) is 0 Å². The molecule has 1 aliphatic carbocycles. The van der Waals surface area contributed by atoms with Gasteiger partial charge in [0.15, 0.2) is 0 Å². The number of nitrogens with one attached hydrogen (secondary N) is 1. The standard InChI is InChI=1S/C24H28N2O4/c1-15-9-16(2)11-21(10-15)30-14-20(27)13-26-22(28)24(3,25-23(26)29)19-8-7-17-5-4-6-18(17)12-19/h7-12,20,27H,4-6,13-14H2,1-3H3,(H,25,29)/t20-,24+/m0/s1. The van der Waals surface area contributed by atoms with Crippen LogP contribution in [0.3, 0.4) is 0 Å². The molecule has 1 heterocycles. The first kappa shape index (κ1) is 20.4. The maximum absolute atomic E-state index is 13.1. The Hall–Kier alpha value is -2.86. The molecule has 2 aromatic rings. The Kier molecular flexibility index (Phi) is 5.28. The van der Waals surface area contributed by atoms with Gasteiger partial charge in [-0.05, 0) is 80.0 Å². The maximum atomic E-state index is 13.1. The molecule has 2 N–H and O–H groups in total. The van der Waals surface area contributed by atoms with Gasteiger partial charge in [0.25, 0.3) is 5.91 Å². The highest BCUT2D eigenvalue weighted by Gasteiger charge is 2.49. The van der Waals surface area contributed by atoms with Gasteiger partial charge in [0.2, 0.25) is 0 Å². The zero-order valence-corrected chi connectivity index (χ0v) is 17.7. The number of fused-ring (bicyclic) bond motifs is 1. The van der Waals surface area contributed by atoms with Crippen molar-refractivity contribution in [3.8, 4) is 5.75 Å². The number of carbonyl (C=O) groups excluding carboxylic acids is 2. The molecule has 3 amide bonds. The second-order valence-corrected chi connectivity index (χ2v) is 8.60. The van der Waals surface area contributed by atoms with E-state index in [1.165, 1.54) is 11.1 Å². The fourth-order valence-electron chi connectivity index (χ4n) is 4.41. The van der Waals surface area contributed by atoms with Crippen molar-refractivity contribution >= 4 is 11.9 Å². The van der Waals surface area contributed by atoms with E-state index in [-0.39, 0.29) is 19.1 Å². The van der Waals surface area contributed by atoms with Gasteiger partial charge in [-0.25, -0.2) is 4.79 Å². The molecule has 2 aromatic carbocycles. The van der Waals surface area contributed by atoms with Crippen molar-refractivity contribution in [2.45, 2.75) is 51.7 Å². The van der Waals surface area contributed by atoms with Crippen LogP contribution in [0, 0.1) is 13.8 Å². The zero-order chi connectivity index (χ0) is 21.5. The van der Waals surface area contributed by atoms with Crippen LogP contribution >= 0.6 is 0 Å². The largest absolute Gasteiger partial charge is 0.491 e. The Bertz CT molecular complexity index is 982. The van der Waals surface area contributed by atoms with Crippen molar-refractivity contribution in [3.05, 3.63) is 64.2 Å². The molecule has 4 rings (SSSR count). The lowest BCUT2D eigenvalue weighted by atomic mass is 9.89. The third-order valence-corrected chi connectivity index (χ3v) is 5.98. The van der Waals surface area contributed by atoms with Gasteiger partial charge in [-0.3, -0.25) is 9.69 Å². The number of urea groups is 1. The summed E-state index contributed by atoms with van der Waals surface area (Å²) in [6.07, 6.45) is 2.20. The van der Waals surface area contributed by atoms with E-state index in [2.05, 4.69) is 11.4 Å². The number of benzene rings is 2. The van der Waals surface area contributed by atoms with Crippen LogP contribution in [0.1, 0.15) is 41.2 Å². The van der Waals surface area contributed by atoms with Crippen LogP contribution in [0.4, 0.5) is 4.79 Å². The molecule has 0 aromatic heterocycles. The van der Waals surface area contributed by atoms with E-state index >= 15 is 0 Å². The summed E-state index contributed by atoms with van der Waals surface area (Å²) in [4.78, 5) is 26.8. The number of hydrogen-bond donors (Lipinski definition) is 2. The molecule has 2 atom stereocenters. The molecule has 0 saturated carbocycles. The first-order valence-corrected chi connectivity index (χ1v) is 10.4. The van der Waals surface area contributed by atoms with E-state index < -0.39 is 17.7 Å². The number of aliphatic hydroxyl groups excluding tert-OH is 1. The zero-order valence-electron chi connectivity index (χ0n) is 17.7. The van der Waals surface area contributed by atoms with Crippen molar-refractivity contribution in [1.82, 2.24) is 10.2 Å². The van der Waals surface area contributed by atoms with Crippen molar-refractivity contribution < 1.29 is 19.4 Å². The lowest BCUT2D eigenvalue weighted by Crippen LogP contribution is -2.42. The van der Waals surface area contributed by atoms with Crippen molar-refractivity contribution in [1.29, 1.82) is 0 Å². The van der Waals surface area contributed by atoms with Crippen molar-refractivity contribution in [2.75, 3.05) is 13.2 Å². The Morgan fingerprint density at radius 3 is 2.53 bits per heavy atom. The number of carbonyl (C=O) groups is 2. The van der Waals surface area contributed by atoms with Gasteiger partial charge in [0.05, 0.1) is 6.54 Å². The van der Waals surface area contributed by atoms with E-state index in [4.69, 9.17) is 4.74 Å². The predicted octanol–water partition coefficient (Wildman–Crippen LogP) is 3.00. The number of nitrogens with zero attached hydrogens (tertiary/aromatic N) is 1. The van der Waals surface area contributed by atoms with Crippen molar-refractivity contribution in [2.24, 2.45) is 0 Å². The summed E-state index contributed by atoms with van der Waals surface area (Å²) < 4.78 is 5.68. The average Bonchev–Trinajstić information content (AvgIpc) is 3.24. The number of hydrogen-bond acceptors (Lipinski definition) is 4. The molecule has 0 spiro atoms. The topological polar surface area (TPSA) is 78.9 Å². The number of aliphatic hydroxyl groups is 1. The van der Waals surface area contributed by atoms with Gasteiger partial charge >= 0.3 is 6.03 Å². The minimum atomic E-state index is -1.12. The molecule has 1 aliphatic heterocycles. The van der Waals surface area contributed by atoms with E-state index in [9.17, 15) is 14.7 Å². The van der Waals surface area contributed by atoms with Gasteiger partial charge in [-0.2, -0.15) is 0 Å². The van der Waals surface area contributed by atoms with Crippen LogP contribution < -0.4 is 10.1 Å². The van der Waals surface area contributed by atoms with Gasteiger partial charge in [-0.15, -0.1) is 0 Å². The minimum absolute atomic E-state index is 0.00445. The molecule has 1 saturated heterocycles. The molecule has 0 bridgehead atoms. The van der Waals surface area contributed by atoms with E-state index in [1.54, 1.807) is 6.92 Å². The summed E-state index contributed by atoms with van der Waals surface area (Å²) in [5, 5.41) is 13.2. The summed E-state index contributed by atoms with van der Waals surface area (Å²) >= 11 is 0. The first-order chi connectivity index (χ1) is 14.3. The number of β-amino-alcohol motifs (C(OH)–C–C–N with tert-alkyl or cyclic N) is 1. The number of imide groups is 1. The first-order valence-electron chi connectivity index (χ1n) is 10.4. The van der Waals surface area contributed by atoms with E-state index in [1.807, 2.05) is 44.2 Å². The highest BCUT2D eigenvalue weighted by Crippen LogP contribution is 2.32. The molecule has 1 fully saturated rings. The summed E-state index contributed by atoms with van der Waals surface area (Å²) in [6.45, 7) is 5.56. The molecular formula is C24H28N2O4. The number of ether oxygens (including phenoxy) is 1. The van der Waals surface area contributed by atoms with Crippen LogP contribution in [0.2, 0.25) is 0 Å². The molecule has 158 valence electrons. The van der Waals surface area contributed by atoms with E-state index in [0.717, 1.165) is 40.9 Å². The average molecular weight is 408 g/mol. The number of rotatable bonds is 6. The normalized spacial score (nSPS) is 21.5. The maximum Gasteiger partial charge on any atom is 0.325 e. The summed E-state index contributed by atoms with van der Waals surface area (Å²) in [6, 6.07) is 11.3. The Labute approximate surface area is 176 Å². The lowest BCUT2D eigenvalue weighted by molar-refractivity contribution is -0.132. The number of aryl methyl sites for hydroxylation is 4. The second kappa shape index (κ2) is 7.76. The fraction of sp³-hybridized carbons (Fsp3) is 0.417. The summed E-state index contributed by atoms with van der Waals surface area (Å²) in [5.41, 5.74) is 4.36. The molecule has 0 radical (unpaired) electrons. The van der Waals surface area contributed by atoms with Gasteiger partial charge in [-0.1, -0.05) is 24.3 Å². The third-order valence-electron chi connectivity index (χ3n) is 5.98. The van der Waals surface area contributed by atoms with Gasteiger partial charge < -0.3 is 15.2 Å². The molecule has 6 heteroatoms. The van der Waals surface area contributed by atoms with Crippen LogP contribution in [0.15, 0.2) is 36.4 Å². The Morgan fingerprint density at radius 1 is 1.10 bits per heavy atom. The smallest absolute Gasteiger partial charge is 0.325 e. The molecular weight excluding hydrogens is 380 g/mol. The molecule has 0 unspecified atom stereocenters. The van der Waals surface area contributed by atoms with Crippen molar-refractivity contribution in [3.63, 3.8) is 0 Å². The summed E-state index contributed by atoms with van der Waals surface area (Å²) in [5.74, 6) is 0.308. The predicted molar refractivity (Wildman–Crippen MR) is 113 cm³/mol. The van der Waals surface area contributed by atoms with Crippen LogP contribution in [0.5, 0.6) is 5.75 Å². The third kappa shape index (κ3) is 3.79. The SMILES string of the molecule is Cc1cc(C)cc(OC[C@@H](O)CN2C(=O)N[C@](C)(c3ccc4c(c3)CCC4)C2=O)c1. The molecule has 30 heavy (non-hydrogen) atoms. The van der Waals surface area contributed by atoms with E-state index in [0.29, 0.717) is 5.75 Å². The van der Waals surface area contributed by atoms with Crippen LogP contribution in [-0.4, -0.2) is 41.2 Å². The monoisotopic (exact) mass is 408 g/mol. The Morgan fingerprint density at radius 2 is 1.80 bits per heavy atom. The summed E-state index contributed by atoms with van der Waals surface area (Å²) in [7, 11) is 0. The van der Waals surface area contributed by atoms with Crippen LogP contribution in [0.25, 0.3) is 0 Å². The highest BCUT2D eigenvalue weighted by molar-refractivity contribution is 6.07. The quantitative estimate of drug-likeness (QED) is 0.721.